The van der Waals surface area contributed by atoms with Crippen LogP contribution in [0.3, 0.4) is 0 Å². The van der Waals surface area contributed by atoms with E-state index in [1.807, 2.05) is 7.05 Å². The van der Waals surface area contributed by atoms with E-state index in [1.54, 1.807) is 0 Å². The number of hydrogen-bond acceptors (Lipinski definition) is 2. The van der Waals surface area contributed by atoms with Crippen molar-refractivity contribution in [3.8, 4) is 0 Å². The molecule has 1 aliphatic rings. The van der Waals surface area contributed by atoms with Crippen molar-refractivity contribution in [2.45, 2.75) is 25.9 Å². The monoisotopic (exact) mass is 280 g/mol. The third-order valence-electron chi connectivity index (χ3n) is 4.39. The highest BCUT2D eigenvalue weighted by Gasteiger charge is 2.14. The molecule has 0 unspecified atom stereocenters. The maximum Gasteiger partial charge on any atom is 0.0237 e. The van der Waals surface area contributed by atoms with Crippen LogP contribution in [0.4, 0.5) is 0 Å². The zero-order valence-corrected chi connectivity index (χ0v) is 12.8. The van der Waals surface area contributed by atoms with Crippen LogP contribution in [0.5, 0.6) is 0 Å². The summed E-state index contributed by atoms with van der Waals surface area (Å²) < 4.78 is 0. The van der Waals surface area contributed by atoms with Crippen molar-refractivity contribution >= 4 is 0 Å². The van der Waals surface area contributed by atoms with Crippen LogP contribution in [-0.2, 0) is 25.9 Å². The lowest BCUT2D eigenvalue weighted by atomic mass is 10.0. The van der Waals surface area contributed by atoms with E-state index in [2.05, 4.69) is 58.7 Å². The Morgan fingerprint density at radius 2 is 1.43 bits per heavy atom. The molecule has 0 aliphatic carbocycles. The van der Waals surface area contributed by atoms with Crippen LogP contribution >= 0.6 is 0 Å². The summed E-state index contributed by atoms with van der Waals surface area (Å²) in [7, 11) is 2.01. The first-order chi connectivity index (χ1) is 10.4. The van der Waals surface area contributed by atoms with Gasteiger partial charge in [0.2, 0.25) is 0 Å². The largest absolute Gasteiger partial charge is 0.316 e. The maximum absolute atomic E-state index is 3.27. The molecule has 0 spiro atoms. The minimum atomic E-state index is 0.949. The van der Waals surface area contributed by atoms with Crippen LogP contribution in [0, 0.1) is 0 Å². The lowest BCUT2D eigenvalue weighted by molar-refractivity contribution is 0.278. The first kappa shape index (κ1) is 14.3. The van der Waals surface area contributed by atoms with Gasteiger partial charge in [0.05, 0.1) is 0 Å². The molecule has 0 amide bonds. The molecule has 0 saturated heterocycles. The van der Waals surface area contributed by atoms with Crippen molar-refractivity contribution < 1.29 is 0 Å². The molecule has 0 saturated carbocycles. The van der Waals surface area contributed by atoms with Gasteiger partial charge in [-0.2, -0.15) is 0 Å². The topological polar surface area (TPSA) is 15.3 Å². The standard InChI is InChI=1S/C19H24N2/c1-20-14-18-8-4-5-9-19(18)15-21-12-10-16-6-2-3-7-17(16)11-13-21/h2-9,20H,10-15H2,1H3. The van der Waals surface area contributed by atoms with Crippen LogP contribution in [0.1, 0.15) is 22.3 Å². The summed E-state index contributed by atoms with van der Waals surface area (Å²) in [4.78, 5) is 2.59. The lowest BCUT2D eigenvalue weighted by Gasteiger charge is -2.21. The summed E-state index contributed by atoms with van der Waals surface area (Å²) in [5, 5.41) is 3.27. The van der Waals surface area contributed by atoms with Crippen molar-refractivity contribution in [1.82, 2.24) is 10.2 Å². The Bertz CT molecular complexity index is 565. The van der Waals surface area contributed by atoms with Crippen LogP contribution in [0.2, 0.25) is 0 Å². The quantitative estimate of drug-likeness (QED) is 0.926. The SMILES string of the molecule is CNCc1ccccc1CN1CCc2ccccc2CC1. The third-order valence-corrected chi connectivity index (χ3v) is 4.39. The highest BCUT2D eigenvalue weighted by molar-refractivity contribution is 5.30. The Morgan fingerprint density at radius 3 is 2.05 bits per heavy atom. The molecule has 110 valence electrons. The van der Waals surface area contributed by atoms with Crippen LogP contribution in [-0.4, -0.2) is 25.0 Å². The van der Waals surface area contributed by atoms with Gasteiger partial charge in [0.15, 0.2) is 0 Å². The van der Waals surface area contributed by atoms with E-state index in [-0.39, 0.29) is 0 Å². The minimum Gasteiger partial charge on any atom is -0.316 e. The Hall–Kier alpha value is -1.64. The fraction of sp³-hybridized carbons (Fsp3) is 0.368. The summed E-state index contributed by atoms with van der Waals surface area (Å²) in [5.74, 6) is 0. The summed E-state index contributed by atoms with van der Waals surface area (Å²) in [6.45, 7) is 4.33. The Kier molecular flexibility index (Phi) is 4.69. The second kappa shape index (κ2) is 6.88. The number of fused-ring (bicyclic) bond motifs is 1. The van der Waals surface area contributed by atoms with Gasteiger partial charge in [0.25, 0.3) is 0 Å². The second-order valence-corrected chi connectivity index (χ2v) is 5.84. The molecular weight excluding hydrogens is 256 g/mol. The zero-order valence-electron chi connectivity index (χ0n) is 12.8. The van der Waals surface area contributed by atoms with Gasteiger partial charge in [-0.05, 0) is 42.1 Å². The molecule has 2 aromatic carbocycles. The fourth-order valence-corrected chi connectivity index (χ4v) is 3.19. The smallest absolute Gasteiger partial charge is 0.0237 e. The molecule has 0 atom stereocenters. The van der Waals surface area contributed by atoms with Gasteiger partial charge < -0.3 is 5.32 Å². The number of hydrogen-bond donors (Lipinski definition) is 1. The van der Waals surface area contributed by atoms with Gasteiger partial charge in [-0.25, -0.2) is 0 Å². The molecule has 1 heterocycles. The van der Waals surface area contributed by atoms with Crippen molar-refractivity contribution in [3.05, 3.63) is 70.8 Å². The van der Waals surface area contributed by atoms with Gasteiger partial charge in [-0.1, -0.05) is 48.5 Å². The molecule has 2 aromatic rings. The van der Waals surface area contributed by atoms with Crippen molar-refractivity contribution in [2.75, 3.05) is 20.1 Å². The van der Waals surface area contributed by atoms with E-state index in [1.165, 1.54) is 35.1 Å². The molecule has 0 bridgehead atoms. The third kappa shape index (κ3) is 3.52. The highest BCUT2D eigenvalue weighted by atomic mass is 15.1. The van der Waals surface area contributed by atoms with Gasteiger partial charge in [0, 0.05) is 26.2 Å². The number of benzene rings is 2. The van der Waals surface area contributed by atoms with Gasteiger partial charge >= 0.3 is 0 Å². The number of nitrogens with one attached hydrogen (secondary N) is 1. The van der Waals surface area contributed by atoms with Crippen LogP contribution in [0.15, 0.2) is 48.5 Å². The molecule has 3 rings (SSSR count). The number of nitrogens with zero attached hydrogens (tertiary/aromatic N) is 1. The average molecular weight is 280 g/mol. The first-order valence-corrected chi connectivity index (χ1v) is 7.87. The Labute approximate surface area is 127 Å². The van der Waals surface area contributed by atoms with Crippen LogP contribution in [0.25, 0.3) is 0 Å². The van der Waals surface area contributed by atoms with E-state index in [9.17, 15) is 0 Å². The average Bonchev–Trinajstić information content (AvgIpc) is 2.72. The zero-order chi connectivity index (χ0) is 14.5. The van der Waals surface area contributed by atoms with Crippen LogP contribution < -0.4 is 5.32 Å². The van der Waals surface area contributed by atoms with Crippen molar-refractivity contribution in [1.29, 1.82) is 0 Å². The second-order valence-electron chi connectivity index (χ2n) is 5.84. The van der Waals surface area contributed by atoms with E-state index < -0.39 is 0 Å². The molecule has 1 N–H and O–H groups in total. The highest BCUT2D eigenvalue weighted by Crippen LogP contribution is 2.18. The van der Waals surface area contributed by atoms with Gasteiger partial charge in [0.1, 0.15) is 0 Å². The molecule has 0 aromatic heterocycles. The van der Waals surface area contributed by atoms with Gasteiger partial charge in [-0.15, -0.1) is 0 Å². The van der Waals surface area contributed by atoms with Crippen molar-refractivity contribution in [3.63, 3.8) is 0 Å². The molecule has 0 radical (unpaired) electrons. The maximum atomic E-state index is 3.27. The summed E-state index contributed by atoms with van der Waals surface area (Å²) in [6.07, 6.45) is 2.34. The molecule has 2 heteroatoms. The molecule has 1 aliphatic heterocycles. The Morgan fingerprint density at radius 1 is 0.857 bits per heavy atom. The fourth-order valence-electron chi connectivity index (χ4n) is 3.19. The predicted octanol–water partition coefficient (Wildman–Crippen LogP) is 3.01. The van der Waals surface area contributed by atoms with E-state index in [4.69, 9.17) is 0 Å². The van der Waals surface area contributed by atoms with Gasteiger partial charge in [-0.3, -0.25) is 4.90 Å². The van der Waals surface area contributed by atoms with E-state index in [0.717, 1.165) is 26.2 Å². The minimum absolute atomic E-state index is 0.949. The summed E-state index contributed by atoms with van der Waals surface area (Å²) in [6, 6.07) is 17.7. The molecule has 21 heavy (non-hydrogen) atoms. The van der Waals surface area contributed by atoms with Crippen molar-refractivity contribution in [2.24, 2.45) is 0 Å². The molecule has 2 nitrogen and oxygen atoms in total. The summed E-state index contributed by atoms with van der Waals surface area (Å²) >= 11 is 0. The number of rotatable bonds is 4. The molecule has 0 fully saturated rings. The normalized spacial score (nSPS) is 15.5. The summed E-state index contributed by atoms with van der Waals surface area (Å²) in [5.41, 5.74) is 5.94. The Balaban J connectivity index is 1.70. The lowest BCUT2D eigenvalue weighted by Crippen LogP contribution is -2.26. The van der Waals surface area contributed by atoms with E-state index in [0.29, 0.717) is 0 Å². The first-order valence-electron chi connectivity index (χ1n) is 7.87. The molecular formula is C19H24N2. The predicted molar refractivity (Wildman–Crippen MR) is 88.3 cm³/mol. The van der Waals surface area contributed by atoms with E-state index >= 15 is 0 Å².